The summed E-state index contributed by atoms with van der Waals surface area (Å²) in [6.45, 7) is 13.7. The predicted molar refractivity (Wildman–Crippen MR) is 121 cm³/mol. The molecule has 3 rings (SSSR count). The van der Waals surface area contributed by atoms with Crippen molar-refractivity contribution in [2.75, 3.05) is 6.54 Å². The highest BCUT2D eigenvalue weighted by atomic mass is 16.2. The van der Waals surface area contributed by atoms with Gasteiger partial charge in [-0.25, -0.2) is 0 Å². The molecule has 1 aliphatic heterocycles. The van der Waals surface area contributed by atoms with Gasteiger partial charge in [0.25, 0.3) is 5.91 Å². The second kappa shape index (κ2) is 8.37. The van der Waals surface area contributed by atoms with E-state index in [1.807, 2.05) is 28.8 Å². The average molecular weight is 417 g/mol. The van der Waals surface area contributed by atoms with Gasteiger partial charge in [-0.15, -0.1) is 0 Å². The van der Waals surface area contributed by atoms with E-state index in [-0.39, 0.29) is 22.8 Å². The van der Waals surface area contributed by atoms with E-state index in [0.717, 1.165) is 37.8 Å². The monoisotopic (exact) mass is 416 g/mol. The Balaban J connectivity index is 1.56. The van der Waals surface area contributed by atoms with Gasteiger partial charge in [-0.05, 0) is 69.9 Å². The highest BCUT2D eigenvalue weighted by molar-refractivity contribution is 5.97. The Labute approximate surface area is 181 Å². The van der Waals surface area contributed by atoms with Crippen LogP contribution in [0.5, 0.6) is 0 Å². The van der Waals surface area contributed by atoms with Crippen LogP contribution in [-0.2, 0) is 17.3 Å². The van der Waals surface area contributed by atoms with Gasteiger partial charge in [0, 0.05) is 37.4 Å². The number of hydrogen-bond donors (Lipinski definition) is 2. The summed E-state index contributed by atoms with van der Waals surface area (Å²) < 4.78 is 1.86. The lowest BCUT2D eigenvalue weighted by atomic mass is 9.89. The number of nitrogens with zero attached hydrogens (tertiary/aromatic N) is 2. The maximum Gasteiger partial charge on any atom is 0.268 e. The molecule has 2 amide bonds. The van der Waals surface area contributed by atoms with Crippen LogP contribution in [-0.4, -0.2) is 51.5 Å². The smallest absolute Gasteiger partial charge is 0.268 e. The molecule has 1 aromatic heterocycles. The summed E-state index contributed by atoms with van der Waals surface area (Å²) in [5, 5.41) is 6.68. The third kappa shape index (κ3) is 5.26. The Morgan fingerprint density at radius 1 is 1.03 bits per heavy atom. The average Bonchev–Trinajstić information content (AvgIpc) is 3.18. The maximum absolute atomic E-state index is 13.0. The number of rotatable bonds is 4. The lowest BCUT2D eigenvalue weighted by Crippen LogP contribution is -2.49. The van der Waals surface area contributed by atoms with Crippen LogP contribution in [0.1, 0.15) is 89.7 Å². The number of carbonyl (C=O) groups is 2. The summed E-state index contributed by atoms with van der Waals surface area (Å²) in [5.74, 6) is -0.0767. The zero-order chi connectivity index (χ0) is 22.3. The van der Waals surface area contributed by atoms with E-state index in [1.165, 1.54) is 0 Å². The molecule has 2 aliphatic rings. The van der Waals surface area contributed by atoms with Crippen LogP contribution in [0.25, 0.3) is 0 Å². The zero-order valence-corrected chi connectivity index (χ0v) is 19.8. The van der Waals surface area contributed by atoms with Crippen LogP contribution in [0.3, 0.4) is 0 Å². The topological polar surface area (TPSA) is 66.4 Å². The predicted octanol–water partition coefficient (Wildman–Crippen LogP) is 3.35. The number of likely N-dealkylation sites (tertiary alicyclic amines) is 1. The van der Waals surface area contributed by atoms with Gasteiger partial charge in [-0.1, -0.05) is 20.8 Å². The van der Waals surface area contributed by atoms with Gasteiger partial charge in [-0.2, -0.15) is 0 Å². The molecule has 30 heavy (non-hydrogen) atoms. The zero-order valence-electron chi connectivity index (χ0n) is 19.8. The van der Waals surface area contributed by atoms with Gasteiger partial charge in [0.1, 0.15) is 11.7 Å². The molecule has 1 atom stereocenters. The van der Waals surface area contributed by atoms with Crippen LogP contribution in [0, 0.1) is 0 Å². The summed E-state index contributed by atoms with van der Waals surface area (Å²) >= 11 is 0. The Hall–Kier alpha value is -1.82. The number of amides is 2. The molecule has 0 aromatic carbocycles. The van der Waals surface area contributed by atoms with Crippen LogP contribution < -0.4 is 10.6 Å². The summed E-state index contributed by atoms with van der Waals surface area (Å²) in [6.07, 6.45) is 6.96. The fourth-order valence-electron chi connectivity index (χ4n) is 4.78. The first-order valence-electron chi connectivity index (χ1n) is 11.4. The van der Waals surface area contributed by atoms with Crippen LogP contribution in [0.2, 0.25) is 0 Å². The highest BCUT2D eigenvalue weighted by Crippen LogP contribution is 2.28. The van der Waals surface area contributed by atoms with Crippen molar-refractivity contribution in [1.82, 2.24) is 20.1 Å². The second-order valence-corrected chi connectivity index (χ2v) is 11.2. The first-order valence-corrected chi connectivity index (χ1v) is 11.4. The van der Waals surface area contributed by atoms with Gasteiger partial charge >= 0.3 is 0 Å². The van der Waals surface area contributed by atoms with Gasteiger partial charge in [0.05, 0.1) is 0 Å². The Morgan fingerprint density at radius 3 is 2.20 bits per heavy atom. The van der Waals surface area contributed by atoms with Gasteiger partial charge in [0.15, 0.2) is 0 Å². The molecule has 0 unspecified atom stereocenters. The molecular formula is C24H40N4O2. The molecule has 2 fully saturated rings. The summed E-state index contributed by atoms with van der Waals surface area (Å²) in [4.78, 5) is 27.9. The van der Waals surface area contributed by atoms with Crippen molar-refractivity contribution in [1.29, 1.82) is 0 Å². The van der Waals surface area contributed by atoms with Crippen molar-refractivity contribution in [2.45, 2.75) is 103 Å². The van der Waals surface area contributed by atoms with Crippen molar-refractivity contribution in [3.63, 3.8) is 0 Å². The second-order valence-electron chi connectivity index (χ2n) is 11.2. The fourth-order valence-corrected chi connectivity index (χ4v) is 4.78. The third-order valence-electron chi connectivity index (χ3n) is 6.42. The molecule has 1 aliphatic carbocycles. The Bertz CT molecular complexity index is 776. The van der Waals surface area contributed by atoms with E-state index in [0.29, 0.717) is 24.2 Å². The van der Waals surface area contributed by atoms with Gasteiger partial charge in [-0.3, -0.25) is 9.59 Å². The fraction of sp³-hybridized carbons (Fsp3) is 0.750. The molecule has 1 aromatic rings. The summed E-state index contributed by atoms with van der Waals surface area (Å²) in [6, 6.07) is 2.37. The van der Waals surface area contributed by atoms with E-state index in [9.17, 15) is 9.59 Å². The quantitative estimate of drug-likeness (QED) is 0.791. The molecular weight excluding hydrogens is 376 g/mol. The molecule has 6 nitrogen and oxygen atoms in total. The summed E-state index contributed by atoms with van der Waals surface area (Å²) in [7, 11) is 1.89. The normalized spacial score (nSPS) is 25.6. The molecule has 0 radical (unpaired) electrons. The van der Waals surface area contributed by atoms with Crippen LogP contribution in [0.15, 0.2) is 12.3 Å². The van der Waals surface area contributed by atoms with Crippen molar-refractivity contribution < 1.29 is 9.59 Å². The molecule has 168 valence electrons. The van der Waals surface area contributed by atoms with E-state index < -0.39 is 6.04 Å². The van der Waals surface area contributed by atoms with Gasteiger partial charge < -0.3 is 20.1 Å². The van der Waals surface area contributed by atoms with Crippen molar-refractivity contribution in [2.24, 2.45) is 7.05 Å². The van der Waals surface area contributed by atoms with E-state index in [4.69, 9.17) is 0 Å². The lowest BCUT2D eigenvalue weighted by molar-refractivity contribution is -0.131. The first-order chi connectivity index (χ1) is 13.8. The number of hydrogen-bond acceptors (Lipinski definition) is 3. The van der Waals surface area contributed by atoms with Crippen LogP contribution >= 0.6 is 0 Å². The molecule has 1 saturated heterocycles. The minimum Gasteiger partial charge on any atom is -0.346 e. The highest BCUT2D eigenvalue weighted by Gasteiger charge is 2.38. The minimum atomic E-state index is -0.407. The number of carbonyl (C=O) groups excluding carboxylic acids is 2. The third-order valence-corrected chi connectivity index (χ3v) is 6.42. The van der Waals surface area contributed by atoms with E-state index in [2.05, 4.69) is 52.2 Å². The number of aromatic nitrogens is 1. The van der Waals surface area contributed by atoms with E-state index in [1.54, 1.807) is 0 Å². The molecule has 0 spiro atoms. The van der Waals surface area contributed by atoms with Gasteiger partial charge in [0.2, 0.25) is 5.91 Å². The number of aryl methyl sites for hydroxylation is 1. The Morgan fingerprint density at radius 2 is 1.67 bits per heavy atom. The molecule has 1 saturated carbocycles. The first kappa shape index (κ1) is 22.9. The molecule has 6 heteroatoms. The largest absolute Gasteiger partial charge is 0.346 e. The van der Waals surface area contributed by atoms with Crippen molar-refractivity contribution in [3.05, 3.63) is 23.5 Å². The SMILES string of the molecule is Cn1cc(C(C)(C)C)cc1C(=O)N[C@H]1CCN([C@H]2CC[C@H](NC(C)(C)C)CC2)C1=O. The minimum absolute atomic E-state index is 0.0169. The standard InChI is InChI=1S/C24H40N4O2/c1-23(2,3)16-14-20(27(7)15-16)21(29)25-19-12-13-28(22(19)30)18-10-8-17(9-11-18)26-24(4,5)6/h14-15,17-19,26H,8-13H2,1-7H3,(H,25,29)/t17-,18-,19-/m0/s1. The van der Waals surface area contributed by atoms with Crippen LogP contribution in [0.4, 0.5) is 0 Å². The molecule has 0 bridgehead atoms. The molecule has 2 heterocycles. The lowest BCUT2D eigenvalue weighted by Gasteiger charge is -2.37. The van der Waals surface area contributed by atoms with Crippen molar-refractivity contribution >= 4 is 11.8 Å². The summed E-state index contributed by atoms with van der Waals surface area (Å²) in [5.41, 5.74) is 1.84. The Kier molecular flexibility index (Phi) is 6.38. The maximum atomic E-state index is 13.0. The molecule has 2 N–H and O–H groups in total. The van der Waals surface area contributed by atoms with Crippen molar-refractivity contribution in [3.8, 4) is 0 Å². The van der Waals surface area contributed by atoms with E-state index >= 15 is 0 Å². The number of nitrogens with one attached hydrogen (secondary N) is 2.